The van der Waals surface area contributed by atoms with Gasteiger partial charge >= 0.3 is 0 Å². The van der Waals surface area contributed by atoms with Crippen molar-refractivity contribution in [3.05, 3.63) is 47.3 Å². The van der Waals surface area contributed by atoms with Gasteiger partial charge in [0, 0.05) is 36.2 Å². The topological polar surface area (TPSA) is 84.1 Å². The molecule has 0 amide bonds. The van der Waals surface area contributed by atoms with Crippen LogP contribution >= 0.6 is 0 Å². The highest BCUT2D eigenvalue weighted by Gasteiger charge is 2.24. The van der Waals surface area contributed by atoms with Gasteiger partial charge in [0.05, 0.1) is 11.1 Å². The molecule has 1 saturated heterocycles. The molecule has 0 aromatic carbocycles. The fourth-order valence-corrected chi connectivity index (χ4v) is 3.53. The van der Waals surface area contributed by atoms with Crippen molar-refractivity contribution in [2.75, 3.05) is 30.3 Å². The van der Waals surface area contributed by atoms with E-state index < -0.39 is 0 Å². The highest BCUT2D eigenvalue weighted by atomic mass is 16.1. The molecule has 152 valence electrons. The first kappa shape index (κ1) is 19.8. The summed E-state index contributed by atoms with van der Waals surface area (Å²) in [5.74, 6) is 7.22. The number of ketones is 1. The number of nitrogen functional groups attached to an aromatic ring is 1. The molecule has 0 radical (unpaired) electrons. The first-order chi connectivity index (χ1) is 13.5. The third kappa shape index (κ3) is 4.49. The minimum absolute atomic E-state index is 0. The van der Waals surface area contributed by atoms with E-state index in [1.54, 1.807) is 25.3 Å². The van der Waals surface area contributed by atoms with Crippen molar-refractivity contribution in [1.82, 2.24) is 15.3 Å². The van der Waals surface area contributed by atoms with E-state index in [0.717, 1.165) is 31.9 Å². The van der Waals surface area contributed by atoms with Crippen molar-refractivity contribution in [3.63, 3.8) is 0 Å². The Labute approximate surface area is 171 Å². The Morgan fingerprint density at radius 3 is 2.96 bits per heavy atom. The van der Waals surface area contributed by atoms with E-state index in [2.05, 4.69) is 40.9 Å². The summed E-state index contributed by atoms with van der Waals surface area (Å²) in [5, 5.41) is 3.57. The van der Waals surface area contributed by atoms with E-state index in [-0.39, 0.29) is 15.9 Å². The number of piperazine rings is 1. The van der Waals surface area contributed by atoms with E-state index in [9.17, 15) is 4.79 Å². The van der Waals surface area contributed by atoms with Crippen LogP contribution in [-0.4, -0.2) is 41.4 Å². The van der Waals surface area contributed by atoms with Gasteiger partial charge in [-0.1, -0.05) is 19.8 Å². The lowest BCUT2D eigenvalue weighted by Gasteiger charge is -2.35. The fraction of sp³-hybridized carbons (Fsp3) is 0.409. The molecule has 28 heavy (non-hydrogen) atoms. The van der Waals surface area contributed by atoms with Crippen LogP contribution in [-0.2, 0) is 0 Å². The quantitative estimate of drug-likeness (QED) is 0.609. The predicted molar refractivity (Wildman–Crippen MR) is 119 cm³/mol. The standard InChI is InChI=1S/C22H27N5O.3H2/c1-4-6-16-8-9-19(27-12-11-24-17(14-27)13-15(2)3)26-20(16)21(28)18-7-5-10-25-22(18)23;;;/h5,7-10,15,17,24H,11-14H2,1-3H3,(H2,23,25);3*1H/t17-;;;/m0.../s1. The first-order valence-electron chi connectivity index (χ1n) is 9.67. The molecule has 2 aromatic rings. The van der Waals surface area contributed by atoms with Crippen molar-refractivity contribution in [2.45, 2.75) is 33.2 Å². The van der Waals surface area contributed by atoms with Gasteiger partial charge in [-0.3, -0.25) is 4.79 Å². The molecule has 1 aliphatic rings. The molecule has 0 spiro atoms. The molecule has 3 rings (SSSR count). The number of anilines is 2. The zero-order valence-corrected chi connectivity index (χ0v) is 16.7. The molecule has 0 unspecified atom stereocenters. The zero-order chi connectivity index (χ0) is 20.1. The van der Waals surface area contributed by atoms with E-state index in [1.165, 1.54) is 0 Å². The number of hydrogen-bond donors (Lipinski definition) is 2. The lowest BCUT2D eigenvalue weighted by Crippen LogP contribution is -2.51. The van der Waals surface area contributed by atoms with Crippen LogP contribution in [0.3, 0.4) is 0 Å². The number of pyridine rings is 2. The third-order valence-corrected chi connectivity index (χ3v) is 4.77. The molecule has 1 fully saturated rings. The number of rotatable bonds is 5. The predicted octanol–water partition coefficient (Wildman–Crippen LogP) is 3.22. The molecule has 6 heteroatoms. The normalized spacial score (nSPS) is 16.6. The highest BCUT2D eigenvalue weighted by molar-refractivity contribution is 6.11. The van der Waals surface area contributed by atoms with Gasteiger partial charge < -0.3 is 16.0 Å². The van der Waals surface area contributed by atoms with Crippen LogP contribution in [0.25, 0.3) is 0 Å². The Morgan fingerprint density at radius 1 is 1.43 bits per heavy atom. The minimum atomic E-state index is -0.251. The summed E-state index contributed by atoms with van der Waals surface area (Å²) in [6.45, 7) is 8.82. The lowest BCUT2D eigenvalue weighted by molar-refractivity contribution is 0.103. The molecule has 1 aliphatic heterocycles. The van der Waals surface area contributed by atoms with E-state index in [0.29, 0.717) is 28.8 Å². The Balaban J connectivity index is 0.00000300. The maximum atomic E-state index is 13.1. The second-order valence-corrected chi connectivity index (χ2v) is 7.43. The minimum Gasteiger partial charge on any atom is -0.383 e. The van der Waals surface area contributed by atoms with Gasteiger partial charge in [-0.05, 0) is 43.5 Å². The Morgan fingerprint density at radius 2 is 2.25 bits per heavy atom. The van der Waals surface area contributed by atoms with Crippen LogP contribution in [0.2, 0.25) is 0 Å². The zero-order valence-electron chi connectivity index (χ0n) is 16.7. The second-order valence-electron chi connectivity index (χ2n) is 7.43. The fourth-order valence-electron chi connectivity index (χ4n) is 3.53. The van der Waals surface area contributed by atoms with E-state index >= 15 is 0 Å². The average molecular weight is 384 g/mol. The lowest BCUT2D eigenvalue weighted by atomic mass is 10.0. The number of nitrogens with one attached hydrogen (secondary N) is 1. The summed E-state index contributed by atoms with van der Waals surface area (Å²) in [4.78, 5) is 24.1. The number of nitrogens with zero attached hydrogens (tertiary/aromatic N) is 3. The van der Waals surface area contributed by atoms with Gasteiger partial charge in [0.25, 0.3) is 0 Å². The monoisotopic (exact) mass is 383 g/mol. The van der Waals surface area contributed by atoms with Gasteiger partial charge in [-0.25, -0.2) is 9.97 Å². The SMILES string of the molecule is CC#Cc1ccc(N2CCN[C@@H](CC(C)C)C2)nc1C(=O)c1cccnc1N.[HH].[HH].[HH]. The molecule has 0 saturated carbocycles. The molecule has 0 bridgehead atoms. The summed E-state index contributed by atoms with van der Waals surface area (Å²) in [6.07, 6.45) is 2.67. The molecule has 3 heterocycles. The number of carbonyl (C=O) groups is 1. The first-order valence-corrected chi connectivity index (χ1v) is 9.67. The second kappa shape index (κ2) is 8.85. The maximum absolute atomic E-state index is 13.1. The molecule has 6 nitrogen and oxygen atoms in total. The molecule has 3 N–H and O–H groups in total. The van der Waals surface area contributed by atoms with Crippen LogP contribution in [0.4, 0.5) is 11.6 Å². The largest absolute Gasteiger partial charge is 0.383 e. The van der Waals surface area contributed by atoms with Crippen LogP contribution in [0, 0.1) is 17.8 Å². The summed E-state index contributed by atoms with van der Waals surface area (Å²) >= 11 is 0. The maximum Gasteiger partial charge on any atom is 0.216 e. The summed E-state index contributed by atoms with van der Waals surface area (Å²) < 4.78 is 0. The van der Waals surface area contributed by atoms with Crippen molar-refractivity contribution >= 4 is 17.4 Å². The number of carbonyl (C=O) groups excluding carboxylic acids is 1. The molecule has 2 aromatic heterocycles. The van der Waals surface area contributed by atoms with Crippen LogP contribution < -0.4 is 16.0 Å². The molecule has 0 aliphatic carbocycles. The smallest absolute Gasteiger partial charge is 0.216 e. The van der Waals surface area contributed by atoms with Crippen LogP contribution in [0.15, 0.2) is 30.5 Å². The van der Waals surface area contributed by atoms with Gasteiger partial charge in [0.1, 0.15) is 17.3 Å². The van der Waals surface area contributed by atoms with Crippen LogP contribution in [0.1, 0.15) is 53.1 Å². The highest BCUT2D eigenvalue weighted by Crippen LogP contribution is 2.21. The average Bonchev–Trinajstić information content (AvgIpc) is 2.68. The van der Waals surface area contributed by atoms with Crippen molar-refractivity contribution in [2.24, 2.45) is 5.92 Å². The Bertz CT molecular complexity index is 927. The van der Waals surface area contributed by atoms with Gasteiger partial charge in [-0.15, -0.1) is 5.92 Å². The van der Waals surface area contributed by atoms with E-state index in [4.69, 9.17) is 10.7 Å². The van der Waals surface area contributed by atoms with E-state index in [1.807, 2.05) is 12.1 Å². The van der Waals surface area contributed by atoms with Crippen molar-refractivity contribution < 1.29 is 9.07 Å². The number of hydrogen-bond acceptors (Lipinski definition) is 6. The summed E-state index contributed by atoms with van der Waals surface area (Å²) in [6, 6.07) is 7.61. The molecular formula is C22H33N5O. The number of aromatic nitrogens is 2. The Kier molecular flexibility index (Phi) is 6.27. The third-order valence-electron chi connectivity index (χ3n) is 4.77. The van der Waals surface area contributed by atoms with Crippen LogP contribution in [0.5, 0.6) is 0 Å². The number of nitrogens with two attached hydrogens (primary N) is 1. The molecule has 1 atom stereocenters. The van der Waals surface area contributed by atoms with Gasteiger partial charge in [0.15, 0.2) is 0 Å². The molecular weight excluding hydrogens is 350 g/mol. The summed E-state index contributed by atoms with van der Waals surface area (Å²) in [7, 11) is 0. The van der Waals surface area contributed by atoms with Gasteiger partial charge in [0.2, 0.25) is 5.78 Å². The summed E-state index contributed by atoms with van der Waals surface area (Å²) in [5.41, 5.74) is 7.19. The van der Waals surface area contributed by atoms with Gasteiger partial charge in [-0.2, -0.15) is 0 Å². The van der Waals surface area contributed by atoms with Crippen molar-refractivity contribution in [1.29, 1.82) is 0 Å². The van der Waals surface area contributed by atoms with Crippen molar-refractivity contribution in [3.8, 4) is 11.8 Å². The Hall–Kier alpha value is -2.91.